The molecule has 5 nitrogen and oxygen atoms in total. The van der Waals surface area contributed by atoms with Crippen LogP contribution in [0.1, 0.15) is 26.6 Å². The van der Waals surface area contributed by atoms with Gasteiger partial charge in [-0.1, -0.05) is 13.8 Å². The lowest BCUT2D eigenvalue weighted by Gasteiger charge is -2.21. The van der Waals surface area contributed by atoms with Crippen molar-refractivity contribution in [2.24, 2.45) is 5.41 Å². The molecule has 86 valence electrons. The minimum Gasteiger partial charge on any atom is -0.396 e. The largest absolute Gasteiger partial charge is 0.396 e. The highest BCUT2D eigenvalue weighted by atomic mass is 16.3. The Kier molecular flexibility index (Phi) is 4.23. The zero-order valence-corrected chi connectivity index (χ0v) is 9.69. The van der Waals surface area contributed by atoms with Crippen molar-refractivity contribution in [3.8, 4) is 0 Å². The summed E-state index contributed by atoms with van der Waals surface area (Å²) in [6.07, 6.45) is 1.73. The number of aromatic nitrogens is 3. The SMILES string of the molecule is CCn1cnnc1CNCC(C)(C)CO. The van der Waals surface area contributed by atoms with Crippen LogP contribution in [-0.2, 0) is 13.1 Å². The van der Waals surface area contributed by atoms with Crippen molar-refractivity contribution >= 4 is 0 Å². The van der Waals surface area contributed by atoms with E-state index < -0.39 is 0 Å². The number of nitrogens with one attached hydrogen (secondary N) is 1. The van der Waals surface area contributed by atoms with Crippen LogP contribution in [0.4, 0.5) is 0 Å². The lowest BCUT2D eigenvalue weighted by atomic mass is 9.95. The van der Waals surface area contributed by atoms with Crippen molar-refractivity contribution < 1.29 is 5.11 Å². The van der Waals surface area contributed by atoms with E-state index in [2.05, 4.69) is 22.4 Å². The molecular formula is C10H20N4O. The quantitative estimate of drug-likeness (QED) is 0.717. The minimum absolute atomic E-state index is 0.0862. The fourth-order valence-electron chi connectivity index (χ4n) is 1.25. The van der Waals surface area contributed by atoms with Crippen molar-refractivity contribution in [3.05, 3.63) is 12.2 Å². The highest BCUT2D eigenvalue weighted by molar-refractivity contribution is 4.85. The number of rotatable bonds is 6. The molecule has 1 heterocycles. The predicted molar refractivity (Wildman–Crippen MR) is 58.3 cm³/mol. The Bertz CT molecular complexity index is 295. The molecule has 1 aromatic rings. The number of hydrogen-bond acceptors (Lipinski definition) is 4. The summed E-state index contributed by atoms with van der Waals surface area (Å²) in [4.78, 5) is 0. The molecule has 0 unspecified atom stereocenters. The number of aliphatic hydroxyl groups is 1. The van der Waals surface area contributed by atoms with E-state index in [4.69, 9.17) is 5.11 Å². The molecule has 0 atom stereocenters. The molecule has 0 aliphatic heterocycles. The molecule has 0 aromatic carbocycles. The van der Waals surface area contributed by atoms with E-state index in [0.717, 1.165) is 18.9 Å². The van der Waals surface area contributed by atoms with Crippen molar-refractivity contribution in [3.63, 3.8) is 0 Å². The minimum atomic E-state index is -0.0862. The fourth-order valence-corrected chi connectivity index (χ4v) is 1.25. The summed E-state index contributed by atoms with van der Waals surface area (Å²) >= 11 is 0. The molecule has 0 spiro atoms. The summed E-state index contributed by atoms with van der Waals surface area (Å²) in [5.74, 6) is 0.936. The Morgan fingerprint density at radius 2 is 2.27 bits per heavy atom. The molecule has 15 heavy (non-hydrogen) atoms. The molecular weight excluding hydrogens is 192 g/mol. The van der Waals surface area contributed by atoms with Crippen LogP contribution >= 0.6 is 0 Å². The van der Waals surface area contributed by atoms with E-state index >= 15 is 0 Å². The van der Waals surface area contributed by atoms with E-state index in [1.165, 1.54) is 0 Å². The van der Waals surface area contributed by atoms with Gasteiger partial charge in [-0.3, -0.25) is 0 Å². The Morgan fingerprint density at radius 1 is 1.53 bits per heavy atom. The average Bonchev–Trinajstić information content (AvgIpc) is 2.65. The molecule has 1 rings (SSSR count). The molecule has 0 amide bonds. The number of hydrogen-bond donors (Lipinski definition) is 2. The van der Waals surface area contributed by atoms with Crippen molar-refractivity contribution in [2.45, 2.75) is 33.9 Å². The highest BCUT2D eigenvalue weighted by Gasteiger charge is 2.15. The Morgan fingerprint density at radius 3 is 2.87 bits per heavy atom. The predicted octanol–water partition coefficient (Wildman–Crippen LogP) is 0.406. The van der Waals surface area contributed by atoms with Gasteiger partial charge in [-0.2, -0.15) is 0 Å². The van der Waals surface area contributed by atoms with Gasteiger partial charge in [0.15, 0.2) is 0 Å². The van der Waals surface area contributed by atoms with Crippen LogP contribution in [0.2, 0.25) is 0 Å². The van der Waals surface area contributed by atoms with Gasteiger partial charge in [-0.05, 0) is 6.92 Å². The van der Waals surface area contributed by atoms with Gasteiger partial charge < -0.3 is 15.0 Å². The third kappa shape index (κ3) is 3.60. The number of aryl methyl sites for hydroxylation is 1. The number of aliphatic hydroxyl groups excluding tert-OH is 1. The van der Waals surface area contributed by atoms with Crippen LogP contribution in [0, 0.1) is 5.41 Å². The summed E-state index contributed by atoms with van der Waals surface area (Å²) < 4.78 is 2.00. The summed E-state index contributed by atoms with van der Waals surface area (Å²) in [5.41, 5.74) is -0.0862. The second-order valence-electron chi connectivity index (χ2n) is 4.46. The van der Waals surface area contributed by atoms with Crippen molar-refractivity contribution in [1.29, 1.82) is 0 Å². The molecule has 0 saturated heterocycles. The lowest BCUT2D eigenvalue weighted by Crippen LogP contribution is -2.32. The van der Waals surface area contributed by atoms with E-state index in [1.807, 2.05) is 18.4 Å². The summed E-state index contributed by atoms with van der Waals surface area (Å²) in [6.45, 7) is 8.62. The molecule has 0 aliphatic carbocycles. The van der Waals surface area contributed by atoms with Gasteiger partial charge >= 0.3 is 0 Å². The van der Waals surface area contributed by atoms with Crippen LogP contribution in [0.5, 0.6) is 0 Å². The molecule has 0 radical (unpaired) electrons. The fraction of sp³-hybridized carbons (Fsp3) is 0.800. The van der Waals surface area contributed by atoms with E-state index in [-0.39, 0.29) is 12.0 Å². The third-order valence-corrected chi connectivity index (χ3v) is 2.35. The maximum absolute atomic E-state index is 9.08. The van der Waals surface area contributed by atoms with Crippen LogP contribution < -0.4 is 5.32 Å². The molecule has 0 bridgehead atoms. The normalized spacial score (nSPS) is 12.0. The van der Waals surface area contributed by atoms with E-state index in [9.17, 15) is 0 Å². The smallest absolute Gasteiger partial charge is 0.146 e. The van der Waals surface area contributed by atoms with Crippen molar-refractivity contribution in [2.75, 3.05) is 13.2 Å². The van der Waals surface area contributed by atoms with E-state index in [1.54, 1.807) is 6.33 Å². The van der Waals surface area contributed by atoms with Crippen LogP contribution in [0.15, 0.2) is 6.33 Å². The molecule has 5 heteroatoms. The summed E-state index contributed by atoms with van der Waals surface area (Å²) in [7, 11) is 0. The second kappa shape index (κ2) is 5.23. The van der Waals surface area contributed by atoms with Gasteiger partial charge in [-0.15, -0.1) is 10.2 Å². The van der Waals surface area contributed by atoms with Crippen LogP contribution in [0.3, 0.4) is 0 Å². The van der Waals surface area contributed by atoms with Gasteiger partial charge in [0, 0.05) is 25.1 Å². The van der Waals surface area contributed by atoms with Gasteiger partial charge in [-0.25, -0.2) is 0 Å². The van der Waals surface area contributed by atoms with Crippen LogP contribution in [-0.4, -0.2) is 33.0 Å². The Labute approximate surface area is 90.5 Å². The van der Waals surface area contributed by atoms with Crippen LogP contribution in [0.25, 0.3) is 0 Å². The van der Waals surface area contributed by atoms with Gasteiger partial charge in [0.2, 0.25) is 0 Å². The Balaban J connectivity index is 2.38. The molecule has 0 saturated carbocycles. The van der Waals surface area contributed by atoms with Gasteiger partial charge in [0.1, 0.15) is 12.2 Å². The van der Waals surface area contributed by atoms with E-state index in [0.29, 0.717) is 6.54 Å². The molecule has 1 aromatic heterocycles. The second-order valence-corrected chi connectivity index (χ2v) is 4.46. The van der Waals surface area contributed by atoms with Gasteiger partial charge in [0.05, 0.1) is 6.54 Å². The first-order valence-corrected chi connectivity index (χ1v) is 5.27. The van der Waals surface area contributed by atoms with Gasteiger partial charge in [0.25, 0.3) is 0 Å². The van der Waals surface area contributed by atoms with Crippen molar-refractivity contribution in [1.82, 2.24) is 20.1 Å². The zero-order chi connectivity index (χ0) is 11.3. The first-order valence-electron chi connectivity index (χ1n) is 5.27. The standard InChI is InChI=1S/C10H20N4O/c1-4-14-8-12-13-9(14)5-11-6-10(2,3)7-15/h8,11,15H,4-7H2,1-3H3. The third-order valence-electron chi connectivity index (χ3n) is 2.35. The first-order chi connectivity index (χ1) is 7.09. The maximum atomic E-state index is 9.08. The monoisotopic (exact) mass is 212 g/mol. The Hall–Kier alpha value is -0.940. The maximum Gasteiger partial charge on any atom is 0.146 e. The molecule has 0 fully saturated rings. The lowest BCUT2D eigenvalue weighted by molar-refractivity contribution is 0.156. The molecule has 2 N–H and O–H groups in total. The average molecular weight is 212 g/mol. The molecule has 0 aliphatic rings. The topological polar surface area (TPSA) is 63.0 Å². The highest BCUT2D eigenvalue weighted by Crippen LogP contribution is 2.11. The number of nitrogens with zero attached hydrogens (tertiary/aromatic N) is 3. The summed E-state index contributed by atoms with van der Waals surface area (Å²) in [6, 6.07) is 0. The summed E-state index contributed by atoms with van der Waals surface area (Å²) in [5, 5.41) is 20.2. The zero-order valence-electron chi connectivity index (χ0n) is 9.69. The first kappa shape index (κ1) is 12.1.